The van der Waals surface area contributed by atoms with Crippen LogP contribution in [0.3, 0.4) is 0 Å². The van der Waals surface area contributed by atoms with Gasteiger partial charge in [-0.15, -0.1) is 0 Å². The molecular formula is C16H17N3O. The molecule has 3 rings (SSSR count). The van der Waals surface area contributed by atoms with Crippen molar-refractivity contribution in [2.75, 3.05) is 11.9 Å². The Bertz CT molecular complexity index is 610. The number of aromatic nitrogens is 1. The van der Waals surface area contributed by atoms with E-state index in [0.29, 0.717) is 6.42 Å². The first-order valence-corrected chi connectivity index (χ1v) is 6.84. The first-order chi connectivity index (χ1) is 9.83. The summed E-state index contributed by atoms with van der Waals surface area (Å²) in [6, 6.07) is 11.7. The highest BCUT2D eigenvalue weighted by molar-refractivity contribution is 5.93. The van der Waals surface area contributed by atoms with Crippen molar-refractivity contribution in [1.82, 2.24) is 10.3 Å². The van der Waals surface area contributed by atoms with Crippen LogP contribution in [0, 0.1) is 0 Å². The van der Waals surface area contributed by atoms with Crippen molar-refractivity contribution in [3.05, 3.63) is 59.4 Å². The van der Waals surface area contributed by atoms with E-state index in [4.69, 9.17) is 0 Å². The zero-order chi connectivity index (χ0) is 13.8. The van der Waals surface area contributed by atoms with Gasteiger partial charge in [-0.2, -0.15) is 0 Å². The summed E-state index contributed by atoms with van der Waals surface area (Å²) >= 11 is 0. The van der Waals surface area contributed by atoms with Crippen LogP contribution >= 0.6 is 0 Å². The number of benzene rings is 1. The van der Waals surface area contributed by atoms with E-state index in [1.165, 1.54) is 11.1 Å². The predicted octanol–water partition coefficient (Wildman–Crippen LogP) is 1.91. The second-order valence-corrected chi connectivity index (χ2v) is 4.92. The molecule has 0 radical (unpaired) electrons. The molecule has 2 aromatic rings. The second-order valence-electron chi connectivity index (χ2n) is 4.92. The normalized spacial score (nSPS) is 13.6. The third-order valence-corrected chi connectivity index (χ3v) is 3.48. The summed E-state index contributed by atoms with van der Waals surface area (Å²) in [5.74, 6) is -0.0179. The smallest absolute Gasteiger partial charge is 0.230 e. The minimum Gasteiger partial charge on any atom is -0.325 e. The molecule has 0 unspecified atom stereocenters. The van der Waals surface area contributed by atoms with Gasteiger partial charge < -0.3 is 10.6 Å². The predicted molar refractivity (Wildman–Crippen MR) is 78.4 cm³/mol. The molecule has 0 aliphatic carbocycles. The number of nitrogens with zero attached hydrogens (tertiary/aromatic N) is 1. The molecule has 0 fully saturated rings. The van der Waals surface area contributed by atoms with Crippen LogP contribution in [0.4, 0.5) is 5.69 Å². The Morgan fingerprint density at radius 3 is 3.05 bits per heavy atom. The Balaban J connectivity index is 1.73. The van der Waals surface area contributed by atoms with Gasteiger partial charge in [0, 0.05) is 24.1 Å². The molecule has 2 heterocycles. The zero-order valence-corrected chi connectivity index (χ0v) is 11.2. The van der Waals surface area contributed by atoms with Crippen LogP contribution in [0.25, 0.3) is 0 Å². The van der Waals surface area contributed by atoms with Crippen LogP contribution in [0.2, 0.25) is 0 Å². The number of fused-ring (bicyclic) bond motifs is 1. The molecule has 0 atom stereocenters. The van der Waals surface area contributed by atoms with E-state index < -0.39 is 0 Å². The quantitative estimate of drug-likeness (QED) is 0.893. The molecule has 0 bridgehead atoms. The average Bonchev–Trinajstić information content (AvgIpc) is 2.48. The fourth-order valence-corrected chi connectivity index (χ4v) is 2.51. The Kier molecular flexibility index (Phi) is 3.74. The van der Waals surface area contributed by atoms with Crippen molar-refractivity contribution in [1.29, 1.82) is 0 Å². The number of rotatable bonds is 3. The van der Waals surface area contributed by atoms with E-state index >= 15 is 0 Å². The zero-order valence-electron chi connectivity index (χ0n) is 11.2. The maximum Gasteiger partial charge on any atom is 0.230 e. The number of hydrogen-bond donors (Lipinski definition) is 2. The lowest BCUT2D eigenvalue weighted by Crippen LogP contribution is -2.25. The van der Waals surface area contributed by atoms with E-state index in [1.807, 2.05) is 30.3 Å². The van der Waals surface area contributed by atoms with Crippen LogP contribution < -0.4 is 10.6 Å². The Labute approximate surface area is 118 Å². The Morgan fingerprint density at radius 2 is 2.20 bits per heavy atom. The van der Waals surface area contributed by atoms with E-state index in [0.717, 1.165) is 30.9 Å². The number of anilines is 1. The van der Waals surface area contributed by atoms with Crippen molar-refractivity contribution < 1.29 is 4.79 Å². The van der Waals surface area contributed by atoms with Crippen LogP contribution in [0.5, 0.6) is 0 Å². The minimum absolute atomic E-state index is 0.0179. The molecule has 1 aliphatic rings. The van der Waals surface area contributed by atoms with Gasteiger partial charge >= 0.3 is 0 Å². The van der Waals surface area contributed by atoms with Gasteiger partial charge in [0.1, 0.15) is 0 Å². The summed E-state index contributed by atoms with van der Waals surface area (Å²) < 4.78 is 0. The Morgan fingerprint density at radius 1 is 1.25 bits per heavy atom. The molecule has 102 valence electrons. The molecule has 2 N–H and O–H groups in total. The molecule has 1 aromatic heterocycles. The number of carbonyl (C=O) groups is 1. The lowest BCUT2D eigenvalue weighted by atomic mass is 9.99. The van der Waals surface area contributed by atoms with Crippen LogP contribution in [-0.2, 0) is 24.2 Å². The van der Waals surface area contributed by atoms with E-state index in [-0.39, 0.29) is 5.91 Å². The second kappa shape index (κ2) is 5.84. The van der Waals surface area contributed by atoms with Crippen LogP contribution in [0.1, 0.15) is 16.8 Å². The molecular weight excluding hydrogens is 250 g/mol. The monoisotopic (exact) mass is 267 g/mol. The van der Waals surface area contributed by atoms with Gasteiger partial charge in [-0.05, 0) is 42.3 Å². The number of carbonyl (C=O) groups excluding carboxylic acids is 1. The number of hydrogen-bond acceptors (Lipinski definition) is 3. The van der Waals surface area contributed by atoms with Gasteiger partial charge in [-0.3, -0.25) is 9.78 Å². The lowest BCUT2D eigenvalue weighted by molar-refractivity contribution is -0.115. The maximum absolute atomic E-state index is 12.1. The van der Waals surface area contributed by atoms with Gasteiger partial charge in [0.15, 0.2) is 0 Å². The lowest BCUT2D eigenvalue weighted by Gasteiger charge is -2.20. The minimum atomic E-state index is -0.0179. The average molecular weight is 267 g/mol. The van der Waals surface area contributed by atoms with Gasteiger partial charge in [0.05, 0.1) is 6.42 Å². The summed E-state index contributed by atoms with van der Waals surface area (Å²) in [5, 5.41) is 6.35. The first-order valence-electron chi connectivity index (χ1n) is 6.84. The fourth-order valence-electron chi connectivity index (χ4n) is 2.51. The fraction of sp³-hybridized carbons (Fsp3) is 0.250. The topological polar surface area (TPSA) is 54.0 Å². The van der Waals surface area contributed by atoms with Gasteiger partial charge in [-0.25, -0.2) is 0 Å². The molecule has 1 amide bonds. The van der Waals surface area contributed by atoms with Crippen molar-refractivity contribution in [3.63, 3.8) is 0 Å². The summed E-state index contributed by atoms with van der Waals surface area (Å²) in [7, 11) is 0. The molecule has 4 nitrogen and oxygen atoms in total. The molecule has 4 heteroatoms. The Hall–Kier alpha value is -2.20. The molecule has 1 aromatic carbocycles. The van der Waals surface area contributed by atoms with E-state index in [9.17, 15) is 4.79 Å². The van der Waals surface area contributed by atoms with Crippen molar-refractivity contribution >= 4 is 11.6 Å². The summed E-state index contributed by atoms with van der Waals surface area (Å²) in [6.45, 7) is 1.83. The third-order valence-electron chi connectivity index (χ3n) is 3.48. The number of amides is 1. The molecule has 0 spiro atoms. The van der Waals surface area contributed by atoms with Crippen molar-refractivity contribution in [2.45, 2.75) is 19.4 Å². The van der Waals surface area contributed by atoms with Gasteiger partial charge in [-0.1, -0.05) is 18.2 Å². The largest absolute Gasteiger partial charge is 0.325 e. The standard InChI is InChI=1S/C16H17N3O/c20-16(10-13-5-1-2-8-18-13)19-15-6-3-4-12-11-17-9-7-14(12)15/h1-6,8,17H,7,9-11H2,(H,19,20). The van der Waals surface area contributed by atoms with Gasteiger partial charge in [0.2, 0.25) is 5.91 Å². The molecule has 0 saturated carbocycles. The third kappa shape index (κ3) is 2.86. The summed E-state index contributed by atoms with van der Waals surface area (Å²) in [5.41, 5.74) is 4.24. The molecule has 1 aliphatic heterocycles. The highest BCUT2D eigenvalue weighted by atomic mass is 16.1. The highest BCUT2D eigenvalue weighted by Gasteiger charge is 2.14. The van der Waals surface area contributed by atoms with Crippen molar-refractivity contribution in [3.8, 4) is 0 Å². The first kappa shape index (κ1) is 12.8. The molecule has 0 saturated heterocycles. The van der Waals surface area contributed by atoms with E-state index in [1.54, 1.807) is 6.20 Å². The SMILES string of the molecule is O=C(Cc1ccccn1)Nc1cccc2c1CCNC2. The van der Waals surface area contributed by atoms with Crippen LogP contribution in [0.15, 0.2) is 42.6 Å². The number of nitrogens with one attached hydrogen (secondary N) is 2. The van der Waals surface area contributed by atoms with Crippen LogP contribution in [-0.4, -0.2) is 17.4 Å². The molecule has 20 heavy (non-hydrogen) atoms. The van der Waals surface area contributed by atoms with Crippen molar-refractivity contribution in [2.24, 2.45) is 0 Å². The van der Waals surface area contributed by atoms with Gasteiger partial charge in [0.25, 0.3) is 0 Å². The summed E-state index contributed by atoms with van der Waals surface area (Å²) in [4.78, 5) is 16.3. The van der Waals surface area contributed by atoms with E-state index in [2.05, 4.69) is 21.7 Å². The number of pyridine rings is 1. The highest BCUT2D eigenvalue weighted by Crippen LogP contribution is 2.23. The summed E-state index contributed by atoms with van der Waals surface area (Å²) in [6.07, 6.45) is 2.97. The maximum atomic E-state index is 12.1.